The minimum absolute atomic E-state index is 0.136. The van der Waals surface area contributed by atoms with Crippen molar-refractivity contribution in [3.05, 3.63) is 48.3 Å². The van der Waals surface area contributed by atoms with E-state index in [0.717, 1.165) is 5.69 Å². The molecule has 20 heavy (non-hydrogen) atoms. The summed E-state index contributed by atoms with van der Waals surface area (Å²) >= 11 is 0. The molecule has 1 amide bonds. The number of para-hydroxylation sites is 1. The van der Waals surface area contributed by atoms with Gasteiger partial charge in [0.1, 0.15) is 5.69 Å². The molecule has 0 radical (unpaired) electrons. The van der Waals surface area contributed by atoms with Gasteiger partial charge in [-0.15, -0.1) is 0 Å². The Hall–Kier alpha value is -2.30. The number of hydrogen-bond acceptors (Lipinski definition) is 3. The minimum Gasteiger partial charge on any atom is -0.380 e. The van der Waals surface area contributed by atoms with E-state index in [1.807, 2.05) is 30.3 Å². The molecule has 106 valence electrons. The number of carbonyl (C=O) groups is 1. The summed E-state index contributed by atoms with van der Waals surface area (Å²) in [6, 6.07) is 11.8. The van der Waals surface area contributed by atoms with Crippen molar-refractivity contribution >= 4 is 11.6 Å². The first kappa shape index (κ1) is 14.1. The number of benzene rings is 1. The number of anilines is 1. The predicted molar refractivity (Wildman–Crippen MR) is 79.6 cm³/mol. The number of hydrogen-bond donors (Lipinski definition) is 3. The van der Waals surface area contributed by atoms with Gasteiger partial charge in [-0.05, 0) is 24.1 Å². The average Bonchev–Trinajstić information content (AvgIpc) is 2.98. The van der Waals surface area contributed by atoms with Gasteiger partial charge in [0, 0.05) is 24.5 Å². The summed E-state index contributed by atoms with van der Waals surface area (Å²) in [5.74, 6) is 0.264. The fraction of sp³-hybridized carbons (Fsp3) is 0.333. The second kappa shape index (κ2) is 6.75. The molecule has 1 unspecified atom stereocenters. The minimum atomic E-state index is -0.136. The zero-order valence-corrected chi connectivity index (χ0v) is 11.8. The van der Waals surface area contributed by atoms with Crippen LogP contribution in [0.2, 0.25) is 0 Å². The van der Waals surface area contributed by atoms with Crippen molar-refractivity contribution in [1.82, 2.24) is 15.5 Å². The molecular formula is C15H20N4O. The molecule has 1 atom stereocenters. The van der Waals surface area contributed by atoms with Gasteiger partial charge in [-0.2, -0.15) is 5.10 Å². The van der Waals surface area contributed by atoms with Crippen molar-refractivity contribution in [2.75, 3.05) is 11.9 Å². The molecule has 1 aromatic carbocycles. The monoisotopic (exact) mass is 272 g/mol. The molecule has 0 aliphatic heterocycles. The molecule has 3 N–H and O–H groups in total. The van der Waals surface area contributed by atoms with Crippen LogP contribution in [0.15, 0.2) is 42.6 Å². The quantitative estimate of drug-likeness (QED) is 0.755. The zero-order chi connectivity index (χ0) is 14.4. The van der Waals surface area contributed by atoms with Gasteiger partial charge < -0.3 is 10.6 Å². The molecule has 1 heterocycles. The predicted octanol–water partition coefficient (Wildman–Crippen LogP) is 2.28. The van der Waals surface area contributed by atoms with Crippen LogP contribution in [0.4, 0.5) is 5.69 Å². The maximum Gasteiger partial charge on any atom is 0.269 e. The number of carbonyl (C=O) groups excluding carboxylic acids is 1. The zero-order valence-electron chi connectivity index (χ0n) is 11.8. The summed E-state index contributed by atoms with van der Waals surface area (Å²) in [6.45, 7) is 4.82. The number of nitrogens with one attached hydrogen (secondary N) is 3. The van der Waals surface area contributed by atoms with Crippen molar-refractivity contribution in [1.29, 1.82) is 0 Å². The Morgan fingerprint density at radius 2 is 2.00 bits per heavy atom. The largest absolute Gasteiger partial charge is 0.380 e. The van der Waals surface area contributed by atoms with Crippen LogP contribution in [0, 0.1) is 5.92 Å². The molecule has 0 bridgehead atoms. The summed E-state index contributed by atoms with van der Waals surface area (Å²) in [6.07, 6.45) is 1.57. The first-order chi connectivity index (χ1) is 9.66. The Bertz CT molecular complexity index is 522. The molecule has 0 aliphatic rings. The molecular weight excluding hydrogens is 252 g/mol. The number of aromatic nitrogens is 2. The van der Waals surface area contributed by atoms with Crippen LogP contribution in [0.5, 0.6) is 0 Å². The van der Waals surface area contributed by atoms with Crippen LogP contribution in [-0.2, 0) is 0 Å². The van der Waals surface area contributed by atoms with Crippen LogP contribution in [-0.4, -0.2) is 28.7 Å². The van der Waals surface area contributed by atoms with E-state index in [0.29, 0.717) is 18.2 Å². The maximum atomic E-state index is 11.9. The van der Waals surface area contributed by atoms with E-state index in [1.54, 1.807) is 12.3 Å². The van der Waals surface area contributed by atoms with Gasteiger partial charge >= 0.3 is 0 Å². The molecule has 5 heteroatoms. The topological polar surface area (TPSA) is 69.8 Å². The van der Waals surface area contributed by atoms with Gasteiger partial charge in [-0.1, -0.05) is 32.0 Å². The Morgan fingerprint density at radius 1 is 1.25 bits per heavy atom. The Morgan fingerprint density at radius 3 is 2.60 bits per heavy atom. The van der Waals surface area contributed by atoms with Crippen LogP contribution in [0.1, 0.15) is 24.3 Å². The lowest BCUT2D eigenvalue weighted by Crippen LogP contribution is -2.39. The van der Waals surface area contributed by atoms with E-state index >= 15 is 0 Å². The van der Waals surface area contributed by atoms with Crippen molar-refractivity contribution < 1.29 is 4.79 Å². The second-order valence-corrected chi connectivity index (χ2v) is 5.04. The SMILES string of the molecule is CC(C)C(CNC(=O)c1ccn[nH]1)Nc1ccccc1. The van der Waals surface area contributed by atoms with Crippen molar-refractivity contribution in [3.8, 4) is 0 Å². The van der Waals surface area contributed by atoms with Crippen LogP contribution in [0.25, 0.3) is 0 Å². The summed E-state index contributed by atoms with van der Waals surface area (Å²) in [5, 5.41) is 12.8. The first-order valence-corrected chi connectivity index (χ1v) is 6.76. The van der Waals surface area contributed by atoms with Crippen LogP contribution in [0.3, 0.4) is 0 Å². The third-order valence-corrected chi connectivity index (χ3v) is 3.16. The highest BCUT2D eigenvalue weighted by atomic mass is 16.1. The van der Waals surface area contributed by atoms with Gasteiger partial charge in [-0.3, -0.25) is 9.89 Å². The van der Waals surface area contributed by atoms with Crippen LogP contribution >= 0.6 is 0 Å². The van der Waals surface area contributed by atoms with E-state index in [-0.39, 0.29) is 11.9 Å². The standard InChI is InChI=1S/C15H20N4O/c1-11(2)14(18-12-6-4-3-5-7-12)10-16-15(20)13-8-9-17-19-13/h3-9,11,14,18H,10H2,1-2H3,(H,16,20)(H,17,19). The average molecular weight is 272 g/mol. The fourth-order valence-electron chi connectivity index (χ4n) is 1.88. The van der Waals surface area contributed by atoms with E-state index in [4.69, 9.17) is 0 Å². The molecule has 5 nitrogen and oxygen atoms in total. The number of amides is 1. The number of aromatic amines is 1. The van der Waals surface area contributed by atoms with Gasteiger partial charge in [0.2, 0.25) is 0 Å². The molecule has 1 aromatic heterocycles. The molecule has 2 aromatic rings. The van der Waals surface area contributed by atoms with Crippen molar-refractivity contribution in [2.45, 2.75) is 19.9 Å². The van der Waals surface area contributed by atoms with E-state index < -0.39 is 0 Å². The lowest BCUT2D eigenvalue weighted by Gasteiger charge is -2.23. The van der Waals surface area contributed by atoms with Gasteiger partial charge in [-0.25, -0.2) is 0 Å². The Balaban J connectivity index is 1.91. The Labute approximate surface area is 118 Å². The summed E-state index contributed by atoms with van der Waals surface area (Å²) in [7, 11) is 0. The molecule has 0 saturated heterocycles. The lowest BCUT2D eigenvalue weighted by atomic mass is 10.0. The third kappa shape index (κ3) is 3.85. The molecule has 0 saturated carbocycles. The molecule has 0 aliphatic carbocycles. The summed E-state index contributed by atoms with van der Waals surface area (Å²) in [5.41, 5.74) is 1.54. The highest BCUT2D eigenvalue weighted by Gasteiger charge is 2.15. The first-order valence-electron chi connectivity index (χ1n) is 6.76. The smallest absolute Gasteiger partial charge is 0.269 e. The number of rotatable bonds is 6. The van der Waals surface area contributed by atoms with E-state index in [2.05, 4.69) is 34.7 Å². The number of H-pyrrole nitrogens is 1. The molecule has 2 rings (SSSR count). The highest BCUT2D eigenvalue weighted by molar-refractivity contribution is 5.92. The van der Waals surface area contributed by atoms with Crippen molar-refractivity contribution in [2.24, 2.45) is 5.92 Å². The molecule has 0 fully saturated rings. The lowest BCUT2D eigenvalue weighted by molar-refractivity contribution is 0.0945. The maximum absolute atomic E-state index is 11.9. The summed E-state index contributed by atoms with van der Waals surface area (Å²) in [4.78, 5) is 11.9. The van der Waals surface area contributed by atoms with Crippen LogP contribution < -0.4 is 10.6 Å². The van der Waals surface area contributed by atoms with Gasteiger partial charge in [0.15, 0.2) is 0 Å². The van der Waals surface area contributed by atoms with E-state index in [1.165, 1.54) is 0 Å². The highest BCUT2D eigenvalue weighted by Crippen LogP contribution is 2.11. The fourth-order valence-corrected chi connectivity index (χ4v) is 1.88. The normalized spacial score (nSPS) is 12.2. The number of nitrogens with zero attached hydrogens (tertiary/aromatic N) is 1. The Kier molecular flexibility index (Phi) is 4.76. The van der Waals surface area contributed by atoms with E-state index in [9.17, 15) is 4.79 Å². The van der Waals surface area contributed by atoms with Crippen molar-refractivity contribution in [3.63, 3.8) is 0 Å². The summed E-state index contributed by atoms with van der Waals surface area (Å²) < 4.78 is 0. The van der Waals surface area contributed by atoms with Gasteiger partial charge in [0.25, 0.3) is 5.91 Å². The second-order valence-electron chi connectivity index (χ2n) is 5.04. The molecule has 0 spiro atoms. The third-order valence-electron chi connectivity index (χ3n) is 3.16. The van der Waals surface area contributed by atoms with Gasteiger partial charge in [0.05, 0.1) is 0 Å².